The lowest BCUT2D eigenvalue weighted by molar-refractivity contribution is 0.565. The van der Waals surface area contributed by atoms with E-state index in [2.05, 4.69) is 54.4 Å². The van der Waals surface area contributed by atoms with E-state index in [1.54, 1.807) is 4.68 Å². The summed E-state index contributed by atoms with van der Waals surface area (Å²) in [5.74, 6) is 0. The van der Waals surface area contributed by atoms with Crippen LogP contribution in [0.5, 0.6) is 0 Å². The highest BCUT2D eigenvalue weighted by Gasteiger charge is 2.23. The van der Waals surface area contributed by atoms with Gasteiger partial charge in [-0.2, -0.15) is 0 Å². The fourth-order valence-electron chi connectivity index (χ4n) is 1.94. The van der Waals surface area contributed by atoms with Gasteiger partial charge in [-0.25, -0.2) is 4.68 Å². The molecule has 1 aromatic carbocycles. The number of halogens is 3. The van der Waals surface area contributed by atoms with Crippen molar-refractivity contribution in [2.24, 2.45) is 7.05 Å². The first kappa shape index (κ1) is 15.0. The molecular formula is C12H13Br2ClN4. The molecule has 1 atom stereocenters. The lowest BCUT2D eigenvalue weighted by Crippen LogP contribution is -2.25. The van der Waals surface area contributed by atoms with Crippen LogP contribution in [0.15, 0.2) is 27.3 Å². The van der Waals surface area contributed by atoms with Crippen LogP contribution in [0, 0.1) is 0 Å². The van der Waals surface area contributed by atoms with Crippen molar-refractivity contribution < 1.29 is 0 Å². The second-order valence-electron chi connectivity index (χ2n) is 4.05. The van der Waals surface area contributed by atoms with Crippen LogP contribution in [-0.4, -0.2) is 21.5 Å². The number of aryl methyl sites for hydroxylation is 1. The number of aromatic nitrogens is 3. The molecule has 4 nitrogen and oxygen atoms in total. The minimum absolute atomic E-state index is 0.00832. The highest BCUT2D eigenvalue weighted by Crippen LogP contribution is 2.32. The van der Waals surface area contributed by atoms with Gasteiger partial charge in [-0.3, -0.25) is 0 Å². The summed E-state index contributed by atoms with van der Waals surface area (Å²) < 4.78 is 3.46. The van der Waals surface area contributed by atoms with Gasteiger partial charge in [0.2, 0.25) is 0 Å². The standard InChI is InChI=1S/C12H13Br2ClN4/c1-3-16-10(11-12(14)17-18-19(11)2)8-5-4-7(15)6-9(8)13/h4-6,10,16H,3H2,1-2H3. The fourth-order valence-corrected chi connectivity index (χ4v) is 3.41. The SMILES string of the molecule is CCNC(c1ccc(Cl)cc1Br)c1c(Br)nnn1C. The van der Waals surface area contributed by atoms with Gasteiger partial charge < -0.3 is 5.32 Å². The molecule has 1 unspecified atom stereocenters. The third-order valence-corrected chi connectivity index (χ3v) is 4.27. The van der Waals surface area contributed by atoms with Crippen molar-refractivity contribution in [3.05, 3.63) is 43.6 Å². The molecule has 0 spiro atoms. The van der Waals surface area contributed by atoms with E-state index < -0.39 is 0 Å². The van der Waals surface area contributed by atoms with Crippen LogP contribution in [0.3, 0.4) is 0 Å². The van der Waals surface area contributed by atoms with Crippen molar-refractivity contribution >= 4 is 43.5 Å². The molecule has 0 aliphatic carbocycles. The summed E-state index contributed by atoms with van der Waals surface area (Å²) in [5.41, 5.74) is 2.07. The van der Waals surface area contributed by atoms with Gasteiger partial charge in [0.15, 0.2) is 4.60 Å². The first-order valence-corrected chi connectivity index (χ1v) is 7.74. The maximum Gasteiger partial charge on any atom is 0.153 e. The molecule has 1 heterocycles. The Morgan fingerprint density at radius 2 is 2.16 bits per heavy atom. The van der Waals surface area contributed by atoms with E-state index >= 15 is 0 Å². The predicted octanol–water partition coefficient (Wildman–Crippen LogP) is 3.69. The minimum Gasteiger partial charge on any atom is -0.305 e. The summed E-state index contributed by atoms with van der Waals surface area (Å²) in [4.78, 5) is 0. The Hall–Kier alpha value is -0.430. The second-order valence-corrected chi connectivity index (χ2v) is 6.09. The Labute approximate surface area is 133 Å². The maximum absolute atomic E-state index is 6.00. The van der Waals surface area contributed by atoms with Crippen LogP contribution in [-0.2, 0) is 7.05 Å². The molecule has 0 aliphatic heterocycles. The molecule has 102 valence electrons. The predicted molar refractivity (Wildman–Crippen MR) is 83.4 cm³/mol. The largest absolute Gasteiger partial charge is 0.305 e. The number of nitrogens with one attached hydrogen (secondary N) is 1. The van der Waals surface area contributed by atoms with E-state index in [4.69, 9.17) is 11.6 Å². The number of rotatable bonds is 4. The van der Waals surface area contributed by atoms with Crippen molar-refractivity contribution in [2.75, 3.05) is 6.54 Å². The van der Waals surface area contributed by atoms with Crippen LogP contribution < -0.4 is 5.32 Å². The minimum atomic E-state index is -0.00832. The van der Waals surface area contributed by atoms with Gasteiger partial charge in [0, 0.05) is 16.5 Å². The molecule has 0 saturated heterocycles. The van der Waals surface area contributed by atoms with Crippen LogP contribution in [0.2, 0.25) is 5.02 Å². The quantitative estimate of drug-likeness (QED) is 0.839. The van der Waals surface area contributed by atoms with Crippen LogP contribution in [0.1, 0.15) is 24.2 Å². The van der Waals surface area contributed by atoms with Crippen molar-refractivity contribution in [2.45, 2.75) is 13.0 Å². The molecular weight excluding hydrogens is 395 g/mol. The summed E-state index contributed by atoms with van der Waals surface area (Å²) in [7, 11) is 1.88. The number of hydrogen-bond acceptors (Lipinski definition) is 3. The van der Waals surface area contributed by atoms with Crippen molar-refractivity contribution in [3.8, 4) is 0 Å². The molecule has 1 aromatic heterocycles. The van der Waals surface area contributed by atoms with Gasteiger partial charge in [-0.1, -0.05) is 45.7 Å². The summed E-state index contributed by atoms with van der Waals surface area (Å²) in [6.45, 7) is 2.89. The Balaban J connectivity index is 2.51. The van der Waals surface area contributed by atoms with E-state index in [9.17, 15) is 0 Å². The van der Waals surface area contributed by atoms with E-state index in [0.717, 1.165) is 26.9 Å². The first-order valence-electron chi connectivity index (χ1n) is 5.78. The molecule has 0 bridgehead atoms. The summed E-state index contributed by atoms with van der Waals surface area (Å²) in [6.07, 6.45) is 0. The van der Waals surface area contributed by atoms with E-state index in [1.807, 2.05) is 25.2 Å². The average Bonchev–Trinajstić information content (AvgIpc) is 2.67. The molecule has 7 heteroatoms. The summed E-state index contributed by atoms with van der Waals surface area (Å²) in [5, 5.41) is 12.2. The third-order valence-electron chi connectivity index (χ3n) is 2.78. The van der Waals surface area contributed by atoms with Crippen molar-refractivity contribution in [1.29, 1.82) is 0 Å². The zero-order chi connectivity index (χ0) is 14.0. The Bertz CT molecular complexity index is 566. The van der Waals surface area contributed by atoms with Crippen molar-refractivity contribution in [1.82, 2.24) is 20.3 Å². The number of hydrogen-bond donors (Lipinski definition) is 1. The normalized spacial score (nSPS) is 12.7. The van der Waals surface area contributed by atoms with Gasteiger partial charge in [0.25, 0.3) is 0 Å². The van der Waals surface area contributed by atoms with Gasteiger partial charge in [0.05, 0.1) is 11.7 Å². The fraction of sp³-hybridized carbons (Fsp3) is 0.333. The zero-order valence-electron chi connectivity index (χ0n) is 10.5. The third kappa shape index (κ3) is 3.18. The van der Waals surface area contributed by atoms with Gasteiger partial charge in [-0.15, -0.1) is 5.10 Å². The second kappa shape index (κ2) is 6.35. The molecule has 0 amide bonds. The Kier molecular flexibility index (Phi) is 5.00. The number of nitrogens with zero attached hydrogens (tertiary/aromatic N) is 3. The highest BCUT2D eigenvalue weighted by molar-refractivity contribution is 9.10. The molecule has 0 aliphatic rings. The van der Waals surface area contributed by atoms with E-state index in [-0.39, 0.29) is 6.04 Å². The zero-order valence-corrected chi connectivity index (χ0v) is 14.4. The topological polar surface area (TPSA) is 42.7 Å². The molecule has 2 aromatic rings. The molecule has 19 heavy (non-hydrogen) atoms. The lowest BCUT2D eigenvalue weighted by Gasteiger charge is -2.20. The highest BCUT2D eigenvalue weighted by atomic mass is 79.9. The smallest absolute Gasteiger partial charge is 0.153 e. The van der Waals surface area contributed by atoms with Crippen LogP contribution in [0.25, 0.3) is 0 Å². The summed E-state index contributed by atoms with van der Waals surface area (Å²) >= 11 is 13.0. The Morgan fingerprint density at radius 3 is 2.68 bits per heavy atom. The first-order chi connectivity index (χ1) is 9.04. The van der Waals surface area contributed by atoms with Crippen LogP contribution >= 0.6 is 43.5 Å². The van der Waals surface area contributed by atoms with Gasteiger partial charge in [0.1, 0.15) is 0 Å². The molecule has 0 saturated carbocycles. The van der Waals surface area contributed by atoms with Crippen LogP contribution in [0.4, 0.5) is 0 Å². The molecule has 2 rings (SSSR count). The average molecular weight is 409 g/mol. The van der Waals surface area contributed by atoms with Gasteiger partial charge in [-0.05, 0) is 40.2 Å². The monoisotopic (exact) mass is 406 g/mol. The maximum atomic E-state index is 6.00. The lowest BCUT2D eigenvalue weighted by atomic mass is 10.0. The van der Waals surface area contributed by atoms with Crippen molar-refractivity contribution in [3.63, 3.8) is 0 Å². The molecule has 0 radical (unpaired) electrons. The number of benzene rings is 1. The van der Waals surface area contributed by atoms with Gasteiger partial charge >= 0.3 is 0 Å². The molecule has 1 N–H and O–H groups in total. The molecule has 0 fully saturated rings. The Morgan fingerprint density at radius 1 is 1.42 bits per heavy atom. The summed E-state index contributed by atoms with van der Waals surface area (Å²) in [6, 6.07) is 5.76. The van der Waals surface area contributed by atoms with E-state index in [0.29, 0.717) is 5.02 Å². The van der Waals surface area contributed by atoms with E-state index in [1.165, 1.54) is 0 Å².